The quantitative estimate of drug-likeness (QED) is 0.151. The number of nitrogens with one attached hydrogen (secondary N) is 2. The number of hydrogen-bond donors (Lipinski definition) is 2. The molecule has 0 saturated carbocycles. The van der Waals surface area contributed by atoms with Crippen molar-refractivity contribution in [1.82, 2.24) is 15.6 Å². The number of rotatable bonds is 11. The molecule has 2 rings (SSSR count). The van der Waals surface area contributed by atoms with Gasteiger partial charge >= 0.3 is 0 Å². The molecule has 0 spiro atoms. The van der Waals surface area contributed by atoms with Crippen LogP contribution in [0, 0.1) is 0 Å². The monoisotopic (exact) mass is 530 g/mol. The van der Waals surface area contributed by atoms with E-state index in [4.69, 9.17) is 9.47 Å². The molecule has 0 aliphatic rings. The van der Waals surface area contributed by atoms with Gasteiger partial charge in [0.15, 0.2) is 5.96 Å². The van der Waals surface area contributed by atoms with E-state index >= 15 is 0 Å². The third-order valence-electron chi connectivity index (χ3n) is 3.77. The summed E-state index contributed by atoms with van der Waals surface area (Å²) in [4.78, 5) is 10.3. The minimum atomic E-state index is 0. The molecule has 0 saturated heterocycles. The van der Waals surface area contributed by atoms with Crippen molar-refractivity contribution in [2.45, 2.75) is 30.5 Å². The zero-order chi connectivity index (χ0) is 20.0. The maximum Gasteiger partial charge on any atom is 0.218 e. The average molecular weight is 530 g/mol. The summed E-state index contributed by atoms with van der Waals surface area (Å²) in [6.45, 7) is 7.37. The largest absolute Gasteiger partial charge is 0.475 e. The molecule has 1 aromatic carbocycles. The number of aliphatic imine (C=N–C) groups is 1. The van der Waals surface area contributed by atoms with Gasteiger partial charge in [-0.2, -0.15) is 0 Å². The fourth-order valence-corrected chi connectivity index (χ4v) is 3.36. The first-order chi connectivity index (χ1) is 13.7. The molecule has 2 N–H and O–H groups in total. The molecule has 0 radical (unpaired) electrons. The van der Waals surface area contributed by atoms with E-state index in [0.29, 0.717) is 30.9 Å². The van der Waals surface area contributed by atoms with Gasteiger partial charge in [-0.3, -0.25) is 0 Å². The fraction of sp³-hybridized carbons (Fsp3) is 0.429. The highest BCUT2D eigenvalue weighted by molar-refractivity contribution is 14.0. The van der Waals surface area contributed by atoms with Crippen LogP contribution in [0.1, 0.15) is 19.4 Å². The Morgan fingerprint density at radius 1 is 1.14 bits per heavy atom. The van der Waals surface area contributed by atoms with Crippen molar-refractivity contribution >= 4 is 41.7 Å². The SMILES string of the molecule is CCNC(=NCc1cccnc1OCCOC)NCC(C)Sc1ccccc1.I. The molecule has 0 amide bonds. The highest BCUT2D eigenvalue weighted by Crippen LogP contribution is 2.22. The number of pyridine rings is 1. The summed E-state index contributed by atoms with van der Waals surface area (Å²) in [5, 5.41) is 7.13. The Bertz CT molecular complexity index is 719. The van der Waals surface area contributed by atoms with Gasteiger partial charge in [-0.05, 0) is 25.1 Å². The Hall–Kier alpha value is -1.52. The van der Waals surface area contributed by atoms with Crippen molar-refractivity contribution in [1.29, 1.82) is 0 Å². The Labute approximate surface area is 195 Å². The third kappa shape index (κ3) is 10.2. The zero-order valence-electron chi connectivity index (χ0n) is 17.3. The lowest BCUT2D eigenvalue weighted by atomic mass is 10.3. The number of nitrogens with zero attached hydrogens (tertiary/aromatic N) is 2. The summed E-state index contributed by atoms with van der Waals surface area (Å²) in [5.41, 5.74) is 0.947. The molecule has 1 unspecified atom stereocenters. The maximum absolute atomic E-state index is 5.68. The van der Waals surface area contributed by atoms with E-state index in [1.807, 2.05) is 30.0 Å². The molecule has 0 bridgehead atoms. The average Bonchev–Trinajstić information content (AvgIpc) is 2.72. The van der Waals surface area contributed by atoms with E-state index in [1.54, 1.807) is 13.3 Å². The van der Waals surface area contributed by atoms with Gasteiger partial charge in [0.25, 0.3) is 0 Å². The Kier molecular flexibility index (Phi) is 13.5. The van der Waals surface area contributed by atoms with Gasteiger partial charge in [0.1, 0.15) is 6.61 Å². The molecule has 0 aliphatic carbocycles. The van der Waals surface area contributed by atoms with Crippen LogP contribution in [0.5, 0.6) is 5.88 Å². The van der Waals surface area contributed by atoms with Gasteiger partial charge in [-0.1, -0.05) is 31.2 Å². The number of benzene rings is 1. The lowest BCUT2D eigenvalue weighted by Gasteiger charge is -2.16. The number of thioether (sulfide) groups is 1. The van der Waals surface area contributed by atoms with Crippen LogP contribution in [-0.2, 0) is 11.3 Å². The standard InChI is InChI=1S/C21H30N4O2S.HI/c1-4-22-21(24-15-17(2)28-19-10-6-5-7-11-19)25-16-18-9-8-12-23-20(18)27-14-13-26-3;/h5-12,17H,4,13-16H2,1-3H3,(H2,22,24,25);1H. The fourth-order valence-electron chi connectivity index (χ4n) is 2.42. The summed E-state index contributed by atoms with van der Waals surface area (Å²) in [6.07, 6.45) is 1.72. The first-order valence-corrected chi connectivity index (χ1v) is 10.4. The van der Waals surface area contributed by atoms with Crippen LogP contribution in [0.4, 0.5) is 0 Å². The molecule has 2 aromatic rings. The molecule has 8 heteroatoms. The van der Waals surface area contributed by atoms with Crippen LogP contribution in [0.25, 0.3) is 0 Å². The van der Waals surface area contributed by atoms with E-state index in [2.05, 4.69) is 58.7 Å². The molecular formula is C21H31IN4O2S. The number of ether oxygens (including phenoxy) is 2. The van der Waals surface area contributed by atoms with E-state index < -0.39 is 0 Å². The molecule has 29 heavy (non-hydrogen) atoms. The van der Waals surface area contributed by atoms with Crippen molar-refractivity contribution < 1.29 is 9.47 Å². The topological polar surface area (TPSA) is 67.8 Å². The molecule has 6 nitrogen and oxygen atoms in total. The number of guanidine groups is 1. The second kappa shape index (κ2) is 15.3. The number of methoxy groups -OCH3 is 1. The molecular weight excluding hydrogens is 499 g/mol. The van der Waals surface area contributed by atoms with Crippen LogP contribution in [-0.4, -0.2) is 49.6 Å². The van der Waals surface area contributed by atoms with E-state index in [-0.39, 0.29) is 24.0 Å². The van der Waals surface area contributed by atoms with Crippen LogP contribution in [0.3, 0.4) is 0 Å². The minimum Gasteiger partial charge on any atom is -0.475 e. The molecule has 0 fully saturated rings. The highest BCUT2D eigenvalue weighted by Gasteiger charge is 2.08. The maximum atomic E-state index is 5.68. The van der Waals surface area contributed by atoms with E-state index in [0.717, 1.165) is 24.6 Å². The Morgan fingerprint density at radius 2 is 1.93 bits per heavy atom. The molecule has 160 valence electrons. The van der Waals surface area contributed by atoms with Crippen molar-refractivity contribution in [3.63, 3.8) is 0 Å². The Morgan fingerprint density at radius 3 is 2.66 bits per heavy atom. The normalized spacial score (nSPS) is 12.0. The van der Waals surface area contributed by atoms with Gasteiger partial charge in [-0.25, -0.2) is 9.98 Å². The second-order valence-corrected chi connectivity index (χ2v) is 7.64. The second-order valence-electron chi connectivity index (χ2n) is 6.13. The predicted octanol–water partition coefficient (Wildman–Crippen LogP) is 3.96. The smallest absolute Gasteiger partial charge is 0.218 e. The lowest BCUT2D eigenvalue weighted by Crippen LogP contribution is -2.40. The van der Waals surface area contributed by atoms with Gasteiger partial charge in [0.2, 0.25) is 5.88 Å². The van der Waals surface area contributed by atoms with Crippen LogP contribution in [0.2, 0.25) is 0 Å². The van der Waals surface area contributed by atoms with E-state index in [1.165, 1.54) is 4.90 Å². The lowest BCUT2D eigenvalue weighted by molar-refractivity contribution is 0.143. The van der Waals surface area contributed by atoms with Gasteiger partial charge in [0, 0.05) is 42.1 Å². The molecule has 1 heterocycles. The first kappa shape index (κ1) is 25.5. The summed E-state index contributed by atoms with van der Waals surface area (Å²) in [5.74, 6) is 1.39. The van der Waals surface area contributed by atoms with Crippen molar-refractivity contribution in [3.05, 3.63) is 54.2 Å². The number of aromatic nitrogens is 1. The Balaban J connectivity index is 0.00000420. The predicted molar refractivity (Wildman–Crippen MR) is 132 cm³/mol. The first-order valence-electron chi connectivity index (χ1n) is 9.52. The summed E-state index contributed by atoms with van der Waals surface area (Å²) in [6, 6.07) is 14.3. The van der Waals surface area contributed by atoms with Crippen molar-refractivity contribution in [3.8, 4) is 5.88 Å². The minimum absolute atomic E-state index is 0. The molecule has 0 aliphatic heterocycles. The summed E-state index contributed by atoms with van der Waals surface area (Å²) in [7, 11) is 1.65. The summed E-state index contributed by atoms with van der Waals surface area (Å²) >= 11 is 1.84. The van der Waals surface area contributed by atoms with Crippen molar-refractivity contribution in [2.75, 3.05) is 33.4 Å². The molecule has 1 atom stereocenters. The zero-order valence-corrected chi connectivity index (χ0v) is 20.4. The van der Waals surface area contributed by atoms with Crippen LogP contribution >= 0.6 is 35.7 Å². The van der Waals surface area contributed by atoms with Crippen molar-refractivity contribution in [2.24, 2.45) is 4.99 Å². The van der Waals surface area contributed by atoms with E-state index in [9.17, 15) is 0 Å². The van der Waals surface area contributed by atoms with Gasteiger partial charge in [-0.15, -0.1) is 35.7 Å². The van der Waals surface area contributed by atoms with Crippen LogP contribution < -0.4 is 15.4 Å². The van der Waals surface area contributed by atoms with Crippen LogP contribution in [0.15, 0.2) is 58.5 Å². The van der Waals surface area contributed by atoms with Gasteiger partial charge in [0.05, 0.1) is 13.2 Å². The number of halogens is 1. The third-order valence-corrected chi connectivity index (χ3v) is 4.88. The van der Waals surface area contributed by atoms with Gasteiger partial charge < -0.3 is 20.1 Å². The number of hydrogen-bond acceptors (Lipinski definition) is 5. The summed E-state index contributed by atoms with van der Waals surface area (Å²) < 4.78 is 10.7. The molecule has 1 aromatic heterocycles. The highest BCUT2D eigenvalue weighted by atomic mass is 127.